The molecule has 0 saturated heterocycles. The molecule has 1 atom stereocenters. The summed E-state index contributed by atoms with van der Waals surface area (Å²) in [7, 11) is 0. The molecule has 1 aliphatic rings. The Kier molecular flexibility index (Phi) is 4.32. The molecule has 0 fully saturated rings. The van der Waals surface area contributed by atoms with Crippen molar-refractivity contribution in [1.82, 2.24) is 5.01 Å². The van der Waals surface area contributed by atoms with Gasteiger partial charge in [-0.2, -0.15) is 10.1 Å². The van der Waals surface area contributed by atoms with E-state index in [1.165, 1.54) is 0 Å². The van der Waals surface area contributed by atoms with E-state index in [2.05, 4.69) is 5.10 Å². The van der Waals surface area contributed by atoms with Crippen molar-refractivity contribution >= 4 is 41.9 Å². The van der Waals surface area contributed by atoms with E-state index in [4.69, 9.17) is 5.11 Å². The summed E-state index contributed by atoms with van der Waals surface area (Å²) in [5.74, 6) is 0. The maximum Gasteiger partial charge on any atom is 0.428 e. The molecule has 0 spiro atoms. The molecule has 73 valence electrons. The van der Waals surface area contributed by atoms with E-state index in [1.54, 1.807) is 6.21 Å². The van der Waals surface area contributed by atoms with E-state index in [0.29, 0.717) is 6.42 Å². The van der Waals surface area contributed by atoms with E-state index in [9.17, 15) is 4.79 Å². The average molecular weight is 213 g/mol. The van der Waals surface area contributed by atoms with Gasteiger partial charge in [0.1, 0.15) is 0 Å². The summed E-state index contributed by atoms with van der Waals surface area (Å²) < 4.78 is 0. The first kappa shape index (κ1) is 12.2. The summed E-state index contributed by atoms with van der Waals surface area (Å²) in [5, 5.41) is 13.8. The van der Waals surface area contributed by atoms with Gasteiger partial charge in [0.2, 0.25) is 0 Å². The quantitative estimate of drug-likeness (QED) is 0.722. The molecule has 1 heterocycles. The summed E-state index contributed by atoms with van der Waals surface area (Å²) in [5.41, 5.74) is 0.979. The van der Waals surface area contributed by atoms with Gasteiger partial charge < -0.3 is 5.11 Å². The number of hydrogen-bond acceptors (Lipinski definition) is 2. The maximum atomic E-state index is 10.8. The molecule has 1 aromatic rings. The SMILES string of the molecule is O=C(O)N1N=CCC1c1ccccc1.[Na]. The van der Waals surface area contributed by atoms with Crippen molar-refractivity contribution in [3.8, 4) is 0 Å². The fourth-order valence-corrected chi connectivity index (χ4v) is 1.55. The summed E-state index contributed by atoms with van der Waals surface area (Å²) in [6.45, 7) is 0. The third-order valence-electron chi connectivity index (χ3n) is 2.21. The minimum Gasteiger partial charge on any atom is -0.464 e. The molecule has 1 N–H and O–H groups in total. The van der Waals surface area contributed by atoms with Crippen molar-refractivity contribution in [2.45, 2.75) is 12.5 Å². The summed E-state index contributed by atoms with van der Waals surface area (Å²) >= 11 is 0. The predicted molar refractivity (Wildman–Crippen MR) is 57.9 cm³/mol. The Labute approximate surface area is 110 Å². The number of carboxylic acid groups (broad SMARTS) is 1. The van der Waals surface area contributed by atoms with Crippen LogP contribution in [0, 0.1) is 0 Å². The second-order valence-electron chi connectivity index (χ2n) is 3.09. The Morgan fingerprint density at radius 2 is 2.07 bits per heavy atom. The molecule has 1 radical (unpaired) electrons. The number of hydrogen-bond donors (Lipinski definition) is 1. The van der Waals surface area contributed by atoms with Crippen LogP contribution in [0.5, 0.6) is 0 Å². The third kappa shape index (κ3) is 2.59. The predicted octanol–water partition coefficient (Wildman–Crippen LogP) is 1.72. The summed E-state index contributed by atoms with van der Waals surface area (Å²) in [6, 6.07) is 9.37. The first-order chi connectivity index (χ1) is 6.79. The topological polar surface area (TPSA) is 52.9 Å². The van der Waals surface area contributed by atoms with Crippen LogP contribution < -0.4 is 0 Å². The fraction of sp³-hybridized carbons (Fsp3) is 0.200. The Balaban J connectivity index is 0.00000112. The van der Waals surface area contributed by atoms with Crippen LogP contribution in [0.15, 0.2) is 35.4 Å². The van der Waals surface area contributed by atoms with E-state index in [1.807, 2.05) is 30.3 Å². The zero-order chi connectivity index (χ0) is 9.97. The number of amides is 1. The van der Waals surface area contributed by atoms with Crippen molar-refractivity contribution in [3.05, 3.63) is 35.9 Å². The Morgan fingerprint density at radius 1 is 1.40 bits per heavy atom. The number of hydrazone groups is 1. The fourth-order valence-electron chi connectivity index (χ4n) is 1.55. The number of carbonyl (C=O) groups is 1. The van der Waals surface area contributed by atoms with Crippen LogP contribution in [0.3, 0.4) is 0 Å². The van der Waals surface area contributed by atoms with Crippen molar-refractivity contribution < 1.29 is 9.90 Å². The van der Waals surface area contributed by atoms with Crippen LogP contribution in [0.25, 0.3) is 0 Å². The largest absolute Gasteiger partial charge is 0.464 e. The Bertz CT molecular complexity index is 367. The number of rotatable bonds is 1. The molecule has 0 bridgehead atoms. The monoisotopic (exact) mass is 213 g/mol. The summed E-state index contributed by atoms with van der Waals surface area (Å²) in [4.78, 5) is 10.8. The minimum atomic E-state index is -1.01. The molecule has 1 amide bonds. The minimum absolute atomic E-state index is 0. The van der Waals surface area contributed by atoms with Crippen LogP contribution in [-0.4, -0.2) is 52.0 Å². The molecular formula is C10H10N2NaO2. The van der Waals surface area contributed by atoms with Gasteiger partial charge in [-0.15, -0.1) is 0 Å². The first-order valence-electron chi connectivity index (χ1n) is 4.38. The van der Waals surface area contributed by atoms with Crippen molar-refractivity contribution in [2.75, 3.05) is 0 Å². The van der Waals surface area contributed by atoms with Crippen LogP contribution in [-0.2, 0) is 0 Å². The van der Waals surface area contributed by atoms with Gasteiger partial charge in [0, 0.05) is 42.2 Å². The Morgan fingerprint density at radius 3 is 2.67 bits per heavy atom. The number of benzene rings is 1. The zero-order valence-corrected chi connectivity index (χ0v) is 10.5. The third-order valence-corrected chi connectivity index (χ3v) is 2.21. The molecule has 5 heteroatoms. The van der Waals surface area contributed by atoms with Crippen molar-refractivity contribution in [3.63, 3.8) is 0 Å². The Hall–Kier alpha value is -0.840. The average Bonchev–Trinajstić information content (AvgIpc) is 2.67. The molecule has 1 aromatic carbocycles. The zero-order valence-electron chi connectivity index (χ0n) is 8.50. The second kappa shape index (κ2) is 5.30. The van der Waals surface area contributed by atoms with Crippen LogP contribution in [0.4, 0.5) is 4.79 Å². The van der Waals surface area contributed by atoms with Gasteiger partial charge in [0.25, 0.3) is 0 Å². The smallest absolute Gasteiger partial charge is 0.428 e. The van der Waals surface area contributed by atoms with E-state index >= 15 is 0 Å². The molecule has 4 nitrogen and oxygen atoms in total. The van der Waals surface area contributed by atoms with E-state index in [-0.39, 0.29) is 35.6 Å². The van der Waals surface area contributed by atoms with E-state index < -0.39 is 6.09 Å². The molecule has 0 aromatic heterocycles. The van der Waals surface area contributed by atoms with E-state index in [0.717, 1.165) is 10.6 Å². The molecule has 0 aliphatic carbocycles. The van der Waals surface area contributed by atoms with Gasteiger partial charge in [0.15, 0.2) is 0 Å². The second-order valence-corrected chi connectivity index (χ2v) is 3.09. The van der Waals surface area contributed by atoms with Gasteiger partial charge in [0.05, 0.1) is 6.04 Å². The van der Waals surface area contributed by atoms with Gasteiger partial charge in [-0.25, -0.2) is 4.79 Å². The molecule has 1 unspecified atom stereocenters. The standard InChI is InChI=1S/C10H10N2O2.Na/c13-10(14)12-9(6-7-11-12)8-4-2-1-3-5-8;/h1-5,7,9H,6H2,(H,13,14);. The molecular weight excluding hydrogens is 203 g/mol. The van der Waals surface area contributed by atoms with Crippen LogP contribution >= 0.6 is 0 Å². The summed E-state index contributed by atoms with van der Waals surface area (Å²) in [6.07, 6.45) is 1.27. The maximum absolute atomic E-state index is 10.8. The number of nitrogens with zero attached hydrogens (tertiary/aromatic N) is 2. The molecule has 0 saturated carbocycles. The molecule has 1 aliphatic heterocycles. The van der Waals surface area contributed by atoms with Gasteiger partial charge in [-0.3, -0.25) is 0 Å². The van der Waals surface area contributed by atoms with Gasteiger partial charge in [-0.1, -0.05) is 30.3 Å². The van der Waals surface area contributed by atoms with Crippen LogP contribution in [0.2, 0.25) is 0 Å². The van der Waals surface area contributed by atoms with Gasteiger partial charge >= 0.3 is 6.09 Å². The normalized spacial score (nSPS) is 18.7. The van der Waals surface area contributed by atoms with Gasteiger partial charge in [-0.05, 0) is 5.56 Å². The molecule has 2 rings (SSSR count). The molecule has 15 heavy (non-hydrogen) atoms. The van der Waals surface area contributed by atoms with Crippen molar-refractivity contribution in [1.29, 1.82) is 0 Å². The van der Waals surface area contributed by atoms with Crippen LogP contribution in [0.1, 0.15) is 18.0 Å². The van der Waals surface area contributed by atoms with Crippen molar-refractivity contribution in [2.24, 2.45) is 5.10 Å². The first-order valence-corrected chi connectivity index (χ1v) is 4.38.